The zero-order valence-electron chi connectivity index (χ0n) is 11.6. The highest BCUT2D eigenvalue weighted by Crippen LogP contribution is 2.30. The quantitative estimate of drug-likeness (QED) is 0.806. The molecule has 110 valence electrons. The Kier molecular flexibility index (Phi) is 3.90. The number of alkyl halides is 2. The van der Waals surface area contributed by atoms with Gasteiger partial charge in [-0.15, -0.1) is 0 Å². The van der Waals surface area contributed by atoms with Crippen molar-refractivity contribution in [3.05, 3.63) is 23.9 Å². The third-order valence-corrected chi connectivity index (χ3v) is 4.11. The Bertz CT molecular complexity index is 530. The molecule has 1 fully saturated rings. The van der Waals surface area contributed by atoms with Gasteiger partial charge in [0.1, 0.15) is 16.8 Å². The summed E-state index contributed by atoms with van der Waals surface area (Å²) in [6, 6.07) is 3.39. The summed E-state index contributed by atoms with van der Waals surface area (Å²) < 4.78 is 40.8. The summed E-state index contributed by atoms with van der Waals surface area (Å²) in [6.45, 7) is 4.94. The van der Waals surface area contributed by atoms with E-state index >= 15 is 0 Å². The zero-order valence-corrected chi connectivity index (χ0v) is 12.5. The van der Waals surface area contributed by atoms with Crippen LogP contribution < -0.4 is 4.90 Å². The summed E-state index contributed by atoms with van der Waals surface area (Å²) in [4.78, 5) is 5.62. The molecule has 4 nitrogen and oxygen atoms in total. The van der Waals surface area contributed by atoms with E-state index in [0.717, 1.165) is 0 Å². The van der Waals surface area contributed by atoms with E-state index < -0.39 is 21.7 Å². The summed E-state index contributed by atoms with van der Waals surface area (Å²) in [6.07, 6.45) is 3.03. The minimum atomic E-state index is -2.61. The number of pyridine rings is 1. The average Bonchev–Trinajstić information content (AvgIpc) is 2.32. The second kappa shape index (κ2) is 5.20. The lowest BCUT2D eigenvalue weighted by molar-refractivity contribution is -0.0267. The Morgan fingerprint density at radius 3 is 2.50 bits per heavy atom. The first-order chi connectivity index (χ1) is 9.17. The number of halogens is 2. The summed E-state index contributed by atoms with van der Waals surface area (Å²) in [5.41, 5.74) is 0.693. The van der Waals surface area contributed by atoms with Crippen molar-refractivity contribution in [2.24, 2.45) is 4.40 Å². The fraction of sp³-hybridized carbons (Fsp3) is 0.538. The molecular weight excluding hydrogens is 284 g/mol. The smallest absolute Gasteiger partial charge is 0.282 e. The van der Waals surface area contributed by atoms with Crippen molar-refractivity contribution in [3.63, 3.8) is 0 Å². The Balaban J connectivity index is 1.99. The van der Waals surface area contributed by atoms with Crippen molar-refractivity contribution in [1.29, 1.82) is 0 Å². The number of nitrogens with zero attached hydrogens (tertiary/aromatic N) is 3. The largest absolute Gasteiger partial charge is 0.344 e. The first kappa shape index (κ1) is 15.0. The Labute approximate surface area is 119 Å². The van der Waals surface area contributed by atoms with Crippen LogP contribution in [0.2, 0.25) is 0 Å². The highest BCUT2D eigenvalue weighted by molar-refractivity contribution is 7.85. The van der Waals surface area contributed by atoms with E-state index in [1.807, 2.05) is 20.8 Å². The molecule has 0 N–H and O–H groups in total. The number of rotatable bonds is 3. The maximum absolute atomic E-state index is 12.8. The van der Waals surface area contributed by atoms with Gasteiger partial charge in [-0.25, -0.2) is 18.0 Å². The lowest BCUT2D eigenvalue weighted by Gasteiger charge is -2.39. The van der Waals surface area contributed by atoms with Crippen LogP contribution in [0.3, 0.4) is 0 Å². The van der Waals surface area contributed by atoms with E-state index in [1.54, 1.807) is 12.1 Å². The van der Waals surface area contributed by atoms with Crippen molar-refractivity contribution < 1.29 is 13.0 Å². The molecule has 0 amide bonds. The molecule has 1 aromatic rings. The van der Waals surface area contributed by atoms with Gasteiger partial charge in [0.05, 0.1) is 17.8 Å². The monoisotopic (exact) mass is 301 g/mol. The van der Waals surface area contributed by atoms with Crippen LogP contribution in [0.15, 0.2) is 22.7 Å². The molecule has 0 radical (unpaired) electrons. The van der Waals surface area contributed by atoms with Gasteiger partial charge in [0.15, 0.2) is 0 Å². The molecule has 1 aliphatic heterocycles. The van der Waals surface area contributed by atoms with Crippen molar-refractivity contribution in [3.8, 4) is 0 Å². The van der Waals surface area contributed by atoms with Crippen LogP contribution in [-0.4, -0.2) is 39.2 Å². The Morgan fingerprint density at radius 2 is 2.05 bits per heavy atom. The van der Waals surface area contributed by atoms with Gasteiger partial charge in [0, 0.05) is 18.0 Å². The van der Waals surface area contributed by atoms with Crippen molar-refractivity contribution in [1.82, 2.24) is 4.98 Å². The van der Waals surface area contributed by atoms with Crippen molar-refractivity contribution in [2.45, 2.75) is 31.4 Å². The van der Waals surface area contributed by atoms with Crippen LogP contribution in [0.1, 0.15) is 26.3 Å². The summed E-state index contributed by atoms with van der Waals surface area (Å²) in [7, 11) is -1.32. The van der Waals surface area contributed by atoms with Crippen molar-refractivity contribution >= 4 is 23.0 Å². The third-order valence-electron chi connectivity index (χ3n) is 2.76. The topological polar surface area (TPSA) is 45.6 Å². The Hall–Kier alpha value is -1.37. The summed E-state index contributed by atoms with van der Waals surface area (Å²) in [5.74, 6) is -2.09. The van der Waals surface area contributed by atoms with Gasteiger partial charge in [0.25, 0.3) is 5.92 Å². The van der Waals surface area contributed by atoms with E-state index in [2.05, 4.69) is 9.38 Å². The SMILES string of the molecule is CC(C)(C)[S@@](=O)N=Cc1ccc(N2CC(F)(F)C2)nc1. The fourth-order valence-electron chi connectivity index (χ4n) is 1.60. The van der Waals surface area contributed by atoms with Gasteiger partial charge in [-0.1, -0.05) is 0 Å². The molecule has 20 heavy (non-hydrogen) atoms. The van der Waals surface area contributed by atoms with E-state index in [0.29, 0.717) is 11.4 Å². The Morgan fingerprint density at radius 1 is 1.40 bits per heavy atom. The first-order valence-electron chi connectivity index (χ1n) is 6.22. The second-order valence-electron chi connectivity index (χ2n) is 5.76. The van der Waals surface area contributed by atoms with Crippen LogP contribution in [0, 0.1) is 0 Å². The number of hydrogen-bond donors (Lipinski definition) is 0. The lowest BCUT2D eigenvalue weighted by Crippen LogP contribution is -2.56. The highest BCUT2D eigenvalue weighted by atomic mass is 32.2. The van der Waals surface area contributed by atoms with Gasteiger partial charge >= 0.3 is 0 Å². The average molecular weight is 301 g/mol. The van der Waals surface area contributed by atoms with E-state index in [4.69, 9.17) is 0 Å². The summed E-state index contributed by atoms with van der Waals surface area (Å²) >= 11 is 0. The molecule has 0 spiro atoms. The lowest BCUT2D eigenvalue weighted by atomic mass is 10.1. The van der Waals surface area contributed by atoms with E-state index in [9.17, 15) is 13.0 Å². The maximum Gasteiger partial charge on any atom is 0.282 e. The minimum absolute atomic E-state index is 0.290. The molecule has 0 aliphatic carbocycles. The highest BCUT2D eigenvalue weighted by Gasteiger charge is 2.44. The van der Waals surface area contributed by atoms with Gasteiger partial charge in [-0.3, -0.25) is 0 Å². The number of anilines is 1. The zero-order chi connectivity index (χ0) is 15.0. The van der Waals surface area contributed by atoms with Crippen LogP contribution >= 0.6 is 0 Å². The molecule has 1 aliphatic rings. The maximum atomic E-state index is 12.8. The van der Waals surface area contributed by atoms with Gasteiger partial charge in [-0.05, 0) is 32.9 Å². The van der Waals surface area contributed by atoms with Crippen LogP contribution in [0.5, 0.6) is 0 Å². The molecule has 1 saturated heterocycles. The molecule has 1 aromatic heterocycles. The molecule has 2 heterocycles. The van der Waals surface area contributed by atoms with Crippen LogP contribution in [-0.2, 0) is 11.0 Å². The minimum Gasteiger partial charge on any atom is -0.344 e. The molecule has 0 unspecified atom stereocenters. The van der Waals surface area contributed by atoms with Gasteiger partial charge in [0.2, 0.25) is 0 Å². The second-order valence-corrected chi connectivity index (χ2v) is 7.69. The fourth-order valence-corrected chi connectivity index (χ4v) is 2.14. The number of aromatic nitrogens is 1. The van der Waals surface area contributed by atoms with Gasteiger partial charge in [-0.2, -0.15) is 4.40 Å². The molecule has 0 saturated carbocycles. The van der Waals surface area contributed by atoms with E-state index in [1.165, 1.54) is 17.3 Å². The predicted octanol–water partition coefficient (Wildman–Crippen LogP) is 2.42. The summed E-state index contributed by atoms with van der Waals surface area (Å²) in [5, 5.41) is 0. The molecule has 7 heteroatoms. The molecule has 0 aromatic carbocycles. The molecular formula is C13H17F2N3OS. The van der Waals surface area contributed by atoms with Crippen molar-refractivity contribution in [2.75, 3.05) is 18.0 Å². The molecule has 0 bridgehead atoms. The predicted molar refractivity (Wildman–Crippen MR) is 76.9 cm³/mol. The van der Waals surface area contributed by atoms with Crippen LogP contribution in [0.4, 0.5) is 14.6 Å². The standard InChI is InChI=1S/C13H17F2N3OS/c1-12(2,3)20(19)17-7-10-4-5-11(16-6-10)18-8-13(14,15)9-18/h4-7H,8-9H2,1-3H3/t20-/m1/s1. The first-order valence-corrected chi connectivity index (χ1v) is 7.33. The molecule has 2 rings (SSSR count). The number of hydrogen-bond acceptors (Lipinski definition) is 3. The third kappa shape index (κ3) is 3.59. The van der Waals surface area contributed by atoms with E-state index in [-0.39, 0.29) is 13.1 Å². The van der Waals surface area contributed by atoms with Crippen LogP contribution in [0.25, 0.3) is 0 Å². The normalized spacial score (nSPS) is 19.9. The molecule has 1 atom stereocenters. The van der Waals surface area contributed by atoms with Gasteiger partial charge < -0.3 is 4.90 Å².